The molecule has 0 unspecified atom stereocenters. The number of morpholine rings is 1. The van der Waals surface area contributed by atoms with Gasteiger partial charge in [-0.15, -0.1) is 0 Å². The number of carbonyl (C=O) groups is 2. The van der Waals surface area contributed by atoms with Crippen molar-refractivity contribution >= 4 is 28.5 Å². The van der Waals surface area contributed by atoms with Gasteiger partial charge in [-0.2, -0.15) is 0 Å². The predicted molar refractivity (Wildman–Crippen MR) is 129 cm³/mol. The topological polar surface area (TPSA) is 84.4 Å². The lowest BCUT2D eigenvalue weighted by Crippen LogP contribution is -2.48. The molecule has 1 aromatic heterocycles. The Morgan fingerprint density at radius 2 is 1.61 bits per heavy atom. The van der Waals surface area contributed by atoms with Gasteiger partial charge in [0, 0.05) is 18.7 Å². The number of aromatic nitrogens is 2. The highest BCUT2D eigenvalue weighted by Gasteiger charge is 2.28. The normalized spacial score (nSPS) is 18.4. The monoisotopic (exact) mass is 446 g/mol. The molecule has 3 aromatic rings. The first kappa shape index (κ1) is 22.9. The Morgan fingerprint density at radius 3 is 2.27 bits per heavy atom. The van der Waals surface area contributed by atoms with Gasteiger partial charge >= 0.3 is 0 Å². The molecule has 7 heteroatoms. The van der Waals surface area contributed by atoms with Crippen LogP contribution >= 0.6 is 0 Å². The summed E-state index contributed by atoms with van der Waals surface area (Å²) in [6.45, 7) is 9.07. The second-order valence-corrected chi connectivity index (χ2v) is 8.49. The smallest absolute Gasteiger partial charge is 0.256 e. The molecule has 0 radical (unpaired) electrons. The van der Waals surface area contributed by atoms with Crippen molar-refractivity contribution in [3.8, 4) is 0 Å². The number of rotatable bonds is 5. The zero-order valence-electron chi connectivity index (χ0n) is 19.6. The molecule has 1 aliphatic rings. The number of nitrogens with one attached hydrogen (secondary N) is 1. The second-order valence-electron chi connectivity index (χ2n) is 8.49. The van der Waals surface area contributed by atoms with E-state index in [-0.39, 0.29) is 24.0 Å². The third-order valence-electron chi connectivity index (χ3n) is 5.86. The standard InChI is InChI=1S/C26H30N4O3/c1-5-20-21(6-2)28-24-13-18(11-12-23(24)27-20)25(31)29-22-10-8-7-9-19(22)26(32)30-14-16(3)33-17(4)15-30/h7-13,16-17H,5-6,14-15H2,1-4H3,(H,29,31)/t16-,17+. The fourth-order valence-electron chi connectivity index (χ4n) is 4.32. The third-order valence-corrected chi connectivity index (χ3v) is 5.86. The molecule has 1 N–H and O–H groups in total. The molecule has 1 saturated heterocycles. The largest absolute Gasteiger partial charge is 0.372 e. The lowest BCUT2D eigenvalue weighted by atomic mass is 10.1. The fourth-order valence-corrected chi connectivity index (χ4v) is 4.32. The molecule has 2 heterocycles. The van der Waals surface area contributed by atoms with Gasteiger partial charge in [0.1, 0.15) is 0 Å². The van der Waals surface area contributed by atoms with E-state index in [0.717, 1.165) is 29.7 Å². The van der Waals surface area contributed by atoms with Gasteiger partial charge in [0.25, 0.3) is 11.8 Å². The Labute approximate surface area is 194 Å². The molecule has 7 nitrogen and oxygen atoms in total. The fraction of sp³-hybridized carbons (Fsp3) is 0.385. The summed E-state index contributed by atoms with van der Waals surface area (Å²) in [5.74, 6) is -0.405. The van der Waals surface area contributed by atoms with Crippen LogP contribution in [0.3, 0.4) is 0 Å². The number of benzene rings is 2. The first-order valence-corrected chi connectivity index (χ1v) is 11.5. The number of hydrogen-bond acceptors (Lipinski definition) is 5. The van der Waals surface area contributed by atoms with Crippen LogP contribution in [0.4, 0.5) is 5.69 Å². The first-order chi connectivity index (χ1) is 15.9. The number of aryl methyl sites for hydroxylation is 2. The Bertz CT molecular complexity index is 1180. The summed E-state index contributed by atoms with van der Waals surface area (Å²) in [4.78, 5) is 37.5. The molecule has 2 amide bonds. The van der Waals surface area contributed by atoms with E-state index in [1.54, 1.807) is 35.2 Å². The summed E-state index contributed by atoms with van der Waals surface area (Å²) in [6.07, 6.45) is 1.55. The van der Waals surface area contributed by atoms with Gasteiger partial charge in [-0.1, -0.05) is 26.0 Å². The summed E-state index contributed by atoms with van der Waals surface area (Å²) in [5, 5.41) is 2.92. The maximum atomic E-state index is 13.2. The minimum atomic E-state index is -0.291. The van der Waals surface area contributed by atoms with Crippen LogP contribution in [0.15, 0.2) is 42.5 Å². The molecule has 172 valence electrons. The van der Waals surface area contributed by atoms with Crippen LogP contribution in [-0.4, -0.2) is 52.0 Å². The quantitative estimate of drug-likeness (QED) is 0.633. The molecule has 0 saturated carbocycles. The highest BCUT2D eigenvalue weighted by atomic mass is 16.5. The summed E-state index contributed by atoms with van der Waals surface area (Å²) < 4.78 is 5.75. The number of carbonyl (C=O) groups excluding carboxylic acids is 2. The maximum Gasteiger partial charge on any atom is 0.256 e. The van der Waals surface area contributed by atoms with Crippen molar-refractivity contribution in [2.24, 2.45) is 0 Å². The molecule has 1 fully saturated rings. The van der Waals surface area contributed by atoms with E-state index in [4.69, 9.17) is 14.7 Å². The number of hydrogen-bond donors (Lipinski definition) is 1. The summed E-state index contributed by atoms with van der Waals surface area (Å²) >= 11 is 0. The first-order valence-electron chi connectivity index (χ1n) is 11.5. The minimum Gasteiger partial charge on any atom is -0.372 e. The van der Waals surface area contributed by atoms with E-state index < -0.39 is 0 Å². The van der Waals surface area contributed by atoms with E-state index in [2.05, 4.69) is 19.2 Å². The van der Waals surface area contributed by atoms with Crippen LogP contribution in [0, 0.1) is 0 Å². The van der Waals surface area contributed by atoms with E-state index in [9.17, 15) is 9.59 Å². The van der Waals surface area contributed by atoms with Gasteiger partial charge in [0.2, 0.25) is 0 Å². The van der Waals surface area contributed by atoms with Crippen LogP contribution in [0.25, 0.3) is 11.0 Å². The molecule has 4 rings (SSSR count). The SMILES string of the molecule is CCc1nc2ccc(C(=O)Nc3ccccc3C(=O)N3C[C@@H](C)O[C@@H](C)C3)cc2nc1CC. The van der Waals surface area contributed by atoms with Crippen molar-refractivity contribution in [3.63, 3.8) is 0 Å². The average molecular weight is 447 g/mol. The molecule has 33 heavy (non-hydrogen) atoms. The van der Waals surface area contributed by atoms with Crippen LogP contribution < -0.4 is 5.32 Å². The van der Waals surface area contributed by atoms with Crippen molar-refractivity contribution in [3.05, 3.63) is 65.0 Å². The van der Waals surface area contributed by atoms with Crippen molar-refractivity contribution < 1.29 is 14.3 Å². The number of fused-ring (bicyclic) bond motifs is 1. The zero-order chi connectivity index (χ0) is 23.5. The van der Waals surface area contributed by atoms with Crippen LogP contribution in [0.2, 0.25) is 0 Å². The number of nitrogens with zero attached hydrogens (tertiary/aromatic N) is 3. The molecular formula is C26H30N4O3. The van der Waals surface area contributed by atoms with Gasteiger partial charge in [-0.25, -0.2) is 9.97 Å². The molecule has 2 aromatic carbocycles. The average Bonchev–Trinajstić information content (AvgIpc) is 2.82. The minimum absolute atomic E-state index is 0.0283. The molecule has 2 atom stereocenters. The Morgan fingerprint density at radius 1 is 0.970 bits per heavy atom. The lowest BCUT2D eigenvalue weighted by molar-refractivity contribution is -0.0585. The Hall–Kier alpha value is -3.32. The van der Waals surface area contributed by atoms with Crippen molar-refractivity contribution in [1.82, 2.24) is 14.9 Å². The summed E-state index contributed by atoms with van der Waals surface area (Å²) in [6, 6.07) is 12.4. The molecule has 0 bridgehead atoms. The number of amides is 2. The van der Waals surface area contributed by atoms with Gasteiger partial charge < -0.3 is 15.0 Å². The van der Waals surface area contributed by atoms with Crippen LogP contribution in [-0.2, 0) is 17.6 Å². The lowest BCUT2D eigenvalue weighted by Gasteiger charge is -2.35. The van der Waals surface area contributed by atoms with E-state index in [1.807, 2.05) is 26.0 Å². The highest BCUT2D eigenvalue weighted by Crippen LogP contribution is 2.22. The molecule has 0 spiro atoms. The Kier molecular flexibility index (Phi) is 6.70. The van der Waals surface area contributed by atoms with Crippen molar-refractivity contribution in [2.75, 3.05) is 18.4 Å². The maximum absolute atomic E-state index is 13.2. The van der Waals surface area contributed by atoms with E-state index in [0.29, 0.717) is 35.4 Å². The van der Waals surface area contributed by atoms with Gasteiger partial charge in [-0.05, 0) is 57.0 Å². The number of para-hydroxylation sites is 1. The second kappa shape index (κ2) is 9.67. The molecular weight excluding hydrogens is 416 g/mol. The molecule has 1 aliphatic heterocycles. The Balaban J connectivity index is 1.59. The van der Waals surface area contributed by atoms with Gasteiger partial charge in [0.15, 0.2) is 0 Å². The molecule has 0 aliphatic carbocycles. The third kappa shape index (κ3) is 4.88. The van der Waals surface area contributed by atoms with Gasteiger partial charge in [-0.3, -0.25) is 9.59 Å². The number of ether oxygens (including phenoxy) is 1. The van der Waals surface area contributed by atoms with Crippen molar-refractivity contribution in [2.45, 2.75) is 52.7 Å². The van der Waals surface area contributed by atoms with Crippen LogP contribution in [0.5, 0.6) is 0 Å². The predicted octanol–water partition coefficient (Wildman–Crippen LogP) is 4.26. The summed E-state index contributed by atoms with van der Waals surface area (Å²) in [7, 11) is 0. The van der Waals surface area contributed by atoms with E-state index in [1.165, 1.54) is 0 Å². The zero-order valence-corrected chi connectivity index (χ0v) is 19.6. The van der Waals surface area contributed by atoms with E-state index >= 15 is 0 Å². The van der Waals surface area contributed by atoms with Crippen molar-refractivity contribution in [1.29, 1.82) is 0 Å². The summed E-state index contributed by atoms with van der Waals surface area (Å²) in [5.41, 5.74) is 4.83. The number of anilines is 1. The van der Waals surface area contributed by atoms with Crippen LogP contribution in [0.1, 0.15) is 59.8 Å². The van der Waals surface area contributed by atoms with Gasteiger partial charge in [0.05, 0.1) is 45.9 Å². The highest BCUT2D eigenvalue weighted by molar-refractivity contribution is 6.09.